The molecule has 2 rings (SSSR count). The molecule has 10 heteroatoms. The monoisotopic (exact) mass is 471 g/mol. The number of hydrogen-bond donors (Lipinski definition) is 2. The summed E-state index contributed by atoms with van der Waals surface area (Å²) in [5, 5.41) is 6.14. The number of benzene rings is 2. The summed E-state index contributed by atoms with van der Waals surface area (Å²) >= 11 is 3.28. The van der Waals surface area contributed by atoms with Crippen molar-refractivity contribution in [1.82, 2.24) is 5.43 Å². The average Bonchev–Trinajstić information content (AvgIpc) is 2.65. The SMILES string of the molecule is CC(CC(=O)Nc1cccc(C(F)(F)F)c1)=NNC(=O)COc1ccc(Br)cc1. The van der Waals surface area contributed by atoms with Gasteiger partial charge in [0.25, 0.3) is 5.91 Å². The van der Waals surface area contributed by atoms with E-state index in [-0.39, 0.29) is 24.4 Å². The van der Waals surface area contributed by atoms with E-state index in [1.807, 2.05) is 0 Å². The molecule has 0 fully saturated rings. The van der Waals surface area contributed by atoms with Gasteiger partial charge in [0.2, 0.25) is 5.91 Å². The molecule has 0 aliphatic rings. The number of hydrogen-bond acceptors (Lipinski definition) is 4. The molecule has 0 aliphatic carbocycles. The summed E-state index contributed by atoms with van der Waals surface area (Å²) in [5.41, 5.74) is 1.67. The molecule has 0 unspecified atom stereocenters. The molecule has 6 nitrogen and oxygen atoms in total. The van der Waals surface area contributed by atoms with E-state index in [1.165, 1.54) is 19.1 Å². The van der Waals surface area contributed by atoms with Gasteiger partial charge in [-0.3, -0.25) is 9.59 Å². The lowest BCUT2D eigenvalue weighted by Gasteiger charge is -2.10. The quantitative estimate of drug-likeness (QED) is 0.464. The number of amides is 2. The summed E-state index contributed by atoms with van der Waals surface area (Å²) in [7, 11) is 0. The highest BCUT2D eigenvalue weighted by Crippen LogP contribution is 2.30. The summed E-state index contributed by atoms with van der Waals surface area (Å²) in [6, 6.07) is 11.2. The maximum atomic E-state index is 12.7. The number of hydrazone groups is 1. The van der Waals surface area contributed by atoms with Crippen molar-refractivity contribution in [2.24, 2.45) is 5.10 Å². The van der Waals surface area contributed by atoms with Crippen LogP contribution in [-0.4, -0.2) is 24.1 Å². The summed E-state index contributed by atoms with van der Waals surface area (Å²) in [4.78, 5) is 23.7. The molecule has 0 saturated heterocycles. The molecule has 2 aromatic carbocycles. The van der Waals surface area contributed by atoms with Crippen molar-refractivity contribution in [3.63, 3.8) is 0 Å². The third-order valence-electron chi connectivity index (χ3n) is 3.45. The van der Waals surface area contributed by atoms with Gasteiger partial charge in [0.05, 0.1) is 12.0 Å². The fraction of sp³-hybridized carbons (Fsp3) is 0.211. The Labute approximate surface area is 173 Å². The number of ether oxygens (including phenoxy) is 1. The summed E-state index contributed by atoms with van der Waals surface area (Å²) in [6.45, 7) is 1.23. The van der Waals surface area contributed by atoms with Gasteiger partial charge in [-0.15, -0.1) is 0 Å². The van der Waals surface area contributed by atoms with Gasteiger partial charge < -0.3 is 10.1 Å². The molecule has 0 atom stereocenters. The first-order chi connectivity index (χ1) is 13.6. The van der Waals surface area contributed by atoms with Gasteiger partial charge in [-0.2, -0.15) is 18.3 Å². The molecule has 2 N–H and O–H groups in total. The Morgan fingerprint density at radius 2 is 1.79 bits per heavy atom. The number of nitrogens with zero attached hydrogens (tertiary/aromatic N) is 1. The molecule has 0 aromatic heterocycles. The molecule has 2 aromatic rings. The van der Waals surface area contributed by atoms with Crippen LogP contribution in [0.3, 0.4) is 0 Å². The summed E-state index contributed by atoms with van der Waals surface area (Å²) in [5.74, 6) is -0.582. The van der Waals surface area contributed by atoms with Crippen molar-refractivity contribution in [2.75, 3.05) is 11.9 Å². The van der Waals surface area contributed by atoms with Crippen molar-refractivity contribution in [2.45, 2.75) is 19.5 Å². The topological polar surface area (TPSA) is 79.8 Å². The van der Waals surface area contributed by atoms with Crippen LogP contribution in [0.2, 0.25) is 0 Å². The first-order valence-corrected chi connectivity index (χ1v) is 9.10. The Morgan fingerprint density at radius 3 is 2.45 bits per heavy atom. The van der Waals surface area contributed by atoms with Crippen LogP contribution in [0.25, 0.3) is 0 Å². The van der Waals surface area contributed by atoms with Gasteiger partial charge in [0.1, 0.15) is 5.75 Å². The summed E-state index contributed by atoms with van der Waals surface area (Å²) < 4.78 is 44.2. The summed E-state index contributed by atoms with van der Waals surface area (Å²) in [6.07, 6.45) is -4.70. The molecule has 2 amide bonds. The van der Waals surface area contributed by atoms with E-state index in [0.29, 0.717) is 5.75 Å². The van der Waals surface area contributed by atoms with Gasteiger partial charge in [0.15, 0.2) is 6.61 Å². The van der Waals surface area contributed by atoms with Crippen LogP contribution < -0.4 is 15.5 Å². The highest BCUT2D eigenvalue weighted by molar-refractivity contribution is 9.10. The molecule has 0 spiro atoms. The number of carbonyl (C=O) groups is 2. The number of anilines is 1. The minimum absolute atomic E-state index is 0.0181. The zero-order valence-electron chi connectivity index (χ0n) is 15.2. The largest absolute Gasteiger partial charge is 0.484 e. The fourth-order valence-corrected chi connectivity index (χ4v) is 2.38. The molecular formula is C19H17BrF3N3O3. The van der Waals surface area contributed by atoms with E-state index in [9.17, 15) is 22.8 Å². The number of carbonyl (C=O) groups excluding carboxylic acids is 2. The van der Waals surface area contributed by atoms with E-state index < -0.39 is 23.6 Å². The van der Waals surface area contributed by atoms with Crippen LogP contribution in [0.4, 0.5) is 18.9 Å². The molecule has 0 bridgehead atoms. The van der Waals surface area contributed by atoms with Gasteiger partial charge in [-0.25, -0.2) is 5.43 Å². The third kappa shape index (κ3) is 7.94. The highest BCUT2D eigenvalue weighted by Gasteiger charge is 2.30. The predicted octanol–water partition coefficient (Wildman–Crippen LogP) is 4.37. The van der Waals surface area contributed by atoms with Crippen molar-refractivity contribution in [3.05, 3.63) is 58.6 Å². The lowest BCUT2D eigenvalue weighted by Crippen LogP contribution is -2.26. The fourth-order valence-electron chi connectivity index (χ4n) is 2.12. The number of nitrogens with one attached hydrogen (secondary N) is 2. The first kappa shape index (κ1) is 22.4. The lowest BCUT2D eigenvalue weighted by molar-refractivity contribution is -0.137. The lowest BCUT2D eigenvalue weighted by atomic mass is 10.2. The van der Waals surface area contributed by atoms with Crippen LogP contribution in [0.1, 0.15) is 18.9 Å². The molecule has 0 heterocycles. The molecule has 0 saturated carbocycles. The van der Waals surface area contributed by atoms with Crippen LogP contribution in [0.15, 0.2) is 58.1 Å². The standard InChI is InChI=1S/C19H17BrF3N3O3/c1-12(25-26-18(28)11-29-16-7-5-14(20)6-8-16)9-17(27)24-15-4-2-3-13(10-15)19(21,22)23/h2-8,10H,9,11H2,1H3,(H,24,27)(H,26,28). The normalized spacial score (nSPS) is 11.7. The minimum Gasteiger partial charge on any atom is -0.484 e. The maximum Gasteiger partial charge on any atom is 0.416 e. The van der Waals surface area contributed by atoms with Crippen molar-refractivity contribution in [1.29, 1.82) is 0 Å². The van der Waals surface area contributed by atoms with E-state index in [0.717, 1.165) is 16.6 Å². The van der Waals surface area contributed by atoms with Gasteiger partial charge in [-0.1, -0.05) is 22.0 Å². The molecule has 0 radical (unpaired) electrons. The predicted molar refractivity (Wildman–Crippen MR) is 106 cm³/mol. The molecule has 154 valence electrons. The first-order valence-electron chi connectivity index (χ1n) is 8.31. The minimum atomic E-state index is -4.50. The van der Waals surface area contributed by atoms with Gasteiger partial charge in [-0.05, 0) is 49.4 Å². The number of rotatable bonds is 7. The number of alkyl halides is 3. The van der Waals surface area contributed by atoms with Crippen LogP contribution >= 0.6 is 15.9 Å². The van der Waals surface area contributed by atoms with Crippen molar-refractivity contribution < 1.29 is 27.5 Å². The maximum absolute atomic E-state index is 12.7. The zero-order valence-corrected chi connectivity index (χ0v) is 16.8. The highest BCUT2D eigenvalue weighted by atomic mass is 79.9. The second-order valence-corrected chi connectivity index (χ2v) is 6.84. The van der Waals surface area contributed by atoms with E-state index in [4.69, 9.17) is 4.74 Å². The number of halogens is 4. The van der Waals surface area contributed by atoms with Gasteiger partial charge in [0, 0.05) is 15.9 Å². The van der Waals surface area contributed by atoms with Crippen molar-refractivity contribution >= 4 is 39.1 Å². The van der Waals surface area contributed by atoms with Crippen LogP contribution in [-0.2, 0) is 15.8 Å². The Balaban J connectivity index is 1.80. The molecular weight excluding hydrogens is 455 g/mol. The van der Waals surface area contributed by atoms with Crippen LogP contribution in [0, 0.1) is 0 Å². The molecule has 0 aliphatic heterocycles. The van der Waals surface area contributed by atoms with E-state index in [1.54, 1.807) is 24.3 Å². The zero-order chi connectivity index (χ0) is 21.4. The van der Waals surface area contributed by atoms with Crippen LogP contribution in [0.5, 0.6) is 5.75 Å². The Morgan fingerprint density at radius 1 is 1.10 bits per heavy atom. The Hall–Kier alpha value is -2.88. The van der Waals surface area contributed by atoms with E-state index in [2.05, 4.69) is 31.8 Å². The average molecular weight is 472 g/mol. The van der Waals surface area contributed by atoms with Gasteiger partial charge >= 0.3 is 6.18 Å². The van der Waals surface area contributed by atoms with E-state index >= 15 is 0 Å². The second kappa shape index (κ2) is 10.1. The van der Waals surface area contributed by atoms with Crippen molar-refractivity contribution in [3.8, 4) is 5.75 Å². The smallest absolute Gasteiger partial charge is 0.416 e. The third-order valence-corrected chi connectivity index (χ3v) is 3.97. The molecule has 29 heavy (non-hydrogen) atoms. The second-order valence-electron chi connectivity index (χ2n) is 5.93. The Kier molecular flexibility index (Phi) is 7.77. The Bertz CT molecular complexity index is 900.